The summed E-state index contributed by atoms with van der Waals surface area (Å²) in [6, 6.07) is 8.63. The molecule has 0 radical (unpaired) electrons. The molecule has 1 N–H and O–H groups in total. The van der Waals surface area contributed by atoms with Crippen LogP contribution in [-0.4, -0.2) is 34.6 Å². The van der Waals surface area contributed by atoms with E-state index in [9.17, 15) is 19.7 Å². The number of carbonyl (C=O) groups is 2. The number of nitrogens with zero attached hydrogens (tertiary/aromatic N) is 3. The van der Waals surface area contributed by atoms with E-state index in [2.05, 4.69) is 10.4 Å². The largest absolute Gasteiger partial charge is 1.00 e. The van der Waals surface area contributed by atoms with Crippen LogP contribution in [0.2, 0.25) is 0 Å². The van der Waals surface area contributed by atoms with Gasteiger partial charge < -0.3 is 5.84 Å². The van der Waals surface area contributed by atoms with Crippen LogP contribution in [0.5, 0.6) is 0 Å². The monoisotopic (exact) mass is 338 g/mol. The summed E-state index contributed by atoms with van der Waals surface area (Å²) in [5.41, 5.74) is 0.663. The Balaban J connectivity index is 0.00000156. The first-order chi connectivity index (χ1) is 11.0. The first kappa shape index (κ1) is 17.9. The maximum absolute atomic E-state index is 11.3. The number of nitro benzene ring substituents is 1. The van der Waals surface area contributed by atoms with Crippen LogP contribution < -0.4 is 34.9 Å². The second-order valence-electron chi connectivity index (χ2n) is 4.66. The summed E-state index contributed by atoms with van der Waals surface area (Å²) in [6.07, 6.45) is 1.31. The molecular weight excluding hydrogens is 327 g/mol. The molecule has 10 heteroatoms. The fourth-order valence-electron chi connectivity index (χ4n) is 1.98. The molecule has 0 aliphatic carbocycles. The molecule has 24 heavy (non-hydrogen) atoms. The third-order valence-electron chi connectivity index (χ3n) is 3.09. The molecule has 1 fully saturated rings. The maximum Gasteiger partial charge on any atom is 1.00 e. The van der Waals surface area contributed by atoms with Gasteiger partial charge in [0.1, 0.15) is 18.1 Å². The average molecular weight is 338 g/mol. The van der Waals surface area contributed by atoms with E-state index in [4.69, 9.17) is 4.42 Å². The Morgan fingerprint density at radius 3 is 2.54 bits per heavy atom. The van der Waals surface area contributed by atoms with E-state index in [0.29, 0.717) is 17.1 Å². The molecule has 0 bridgehead atoms. The third-order valence-corrected chi connectivity index (χ3v) is 3.09. The number of non-ortho nitro benzene ring substituents is 1. The minimum Gasteiger partial charge on any atom is -1.00 e. The van der Waals surface area contributed by atoms with E-state index in [-0.39, 0.29) is 43.2 Å². The van der Waals surface area contributed by atoms with Crippen LogP contribution in [0.4, 0.5) is 10.5 Å². The summed E-state index contributed by atoms with van der Waals surface area (Å²) in [7, 11) is 0. The SMILES string of the molecule is O=C1CN(N=Cc2ccc(-c3ccc([N+](=O)[O-])cc3)o2)C(=O)N1.[H-].[Na+]. The van der Waals surface area contributed by atoms with Crippen LogP contribution in [-0.2, 0) is 4.79 Å². The van der Waals surface area contributed by atoms with E-state index < -0.39 is 16.9 Å². The van der Waals surface area contributed by atoms with Gasteiger partial charge in [-0.05, 0) is 24.3 Å². The van der Waals surface area contributed by atoms with Crippen LogP contribution >= 0.6 is 0 Å². The fourth-order valence-corrected chi connectivity index (χ4v) is 1.98. The van der Waals surface area contributed by atoms with Gasteiger partial charge in [0, 0.05) is 17.7 Å². The van der Waals surface area contributed by atoms with Crippen molar-refractivity contribution >= 4 is 23.8 Å². The molecule has 0 spiro atoms. The van der Waals surface area contributed by atoms with Crippen molar-refractivity contribution < 1.29 is 49.9 Å². The first-order valence-corrected chi connectivity index (χ1v) is 6.53. The Labute approximate surface area is 159 Å². The molecule has 1 aliphatic heterocycles. The smallest absolute Gasteiger partial charge is 1.00 e. The molecule has 3 amide bonds. The molecule has 3 rings (SSSR count). The second kappa shape index (κ2) is 7.39. The zero-order valence-electron chi connectivity index (χ0n) is 13.6. The van der Waals surface area contributed by atoms with Gasteiger partial charge in [-0.25, -0.2) is 9.80 Å². The molecular formula is C14H11N4NaO5. The summed E-state index contributed by atoms with van der Waals surface area (Å²) in [6.45, 7) is -0.134. The molecule has 1 aliphatic rings. The number of amides is 3. The number of furan rings is 1. The van der Waals surface area contributed by atoms with Crippen LogP contribution in [0.3, 0.4) is 0 Å². The van der Waals surface area contributed by atoms with Crippen molar-refractivity contribution in [2.75, 3.05) is 6.54 Å². The quantitative estimate of drug-likeness (QED) is 0.248. The number of rotatable bonds is 4. The predicted octanol–water partition coefficient (Wildman–Crippen LogP) is -1.14. The Hall–Kier alpha value is -2.49. The van der Waals surface area contributed by atoms with Gasteiger partial charge in [-0.1, -0.05) is 0 Å². The molecule has 1 saturated heterocycles. The molecule has 118 valence electrons. The molecule has 0 atom stereocenters. The Morgan fingerprint density at radius 1 is 1.25 bits per heavy atom. The molecule has 9 nitrogen and oxygen atoms in total. The number of hydrogen-bond donors (Lipinski definition) is 1. The number of nitrogens with one attached hydrogen (secondary N) is 1. The van der Waals surface area contributed by atoms with Crippen LogP contribution in [0.25, 0.3) is 11.3 Å². The van der Waals surface area contributed by atoms with E-state index in [0.717, 1.165) is 5.01 Å². The van der Waals surface area contributed by atoms with Gasteiger partial charge in [0.25, 0.3) is 5.69 Å². The van der Waals surface area contributed by atoms with E-state index in [1.165, 1.54) is 18.3 Å². The van der Waals surface area contributed by atoms with Gasteiger partial charge in [-0.15, -0.1) is 0 Å². The zero-order chi connectivity index (χ0) is 16.4. The summed E-state index contributed by atoms with van der Waals surface area (Å²) < 4.78 is 5.53. The van der Waals surface area contributed by atoms with Gasteiger partial charge >= 0.3 is 35.6 Å². The van der Waals surface area contributed by atoms with Crippen molar-refractivity contribution in [3.63, 3.8) is 0 Å². The van der Waals surface area contributed by atoms with Crippen molar-refractivity contribution in [3.05, 3.63) is 52.3 Å². The minimum absolute atomic E-state index is 0. The van der Waals surface area contributed by atoms with Crippen molar-refractivity contribution in [1.29, 1.82) is 0 Å². The summed E-state index contributed by atoms with van der Waals surface area (Å²) in [4.78, 5) is 32.5. The van der Waals surface area contributed by atoms with E-state index in [1.54, 1.807) is 24.3 Å². The number of hydrogen-bond acceptors (Lipinski definition) is 6. The van der Waals surface area contributed by atoms with Gasteiger partial charge in [-0.3, -0.25) is 20.2 Å². The Bertz CT molecular complexity index is 821. The van der Waals surface area contributed by atoms with Crippen LogP contribution in [0, 0.1) is 10.1 Å². The summed E-state index contributed by atoms with van der Waals surface area (Å²) >= 11 is 0. The number of urea groups is 1. The number of benzene rings is 1. The first-order valence-electron chi connectivity index (χ1n) is 6.53. The molecule has 1 aromatic heterocycles. The normalized spacial score (nSPS) is 13.9. The van der Waals surface area contributed by atoms with Gasteiger partial charge in [-0.2, -0.15) is 5.10 Å². The van der Waals surface area contributed by atoms with Gasteiger partial charge in [0.05, 0.1) is 11.1 Å². The van der Waals surface area contributed by atoms with E-state index >= 15 is 0 Å². The number of imide groups is 1. The predicted molar refractivity (Wildman–Crippen MR) is 79.7 cm³/mol. The second-order valence-corrected chi connectivity index (χ2v) is 4.66. The fraction of sp³-hybridized carbons (Fsp3) is 0.0714. The van der Waals surface area contributed by atoms with Crippen molar-refractivity contribution in [2.45, 2.75) is 0 Å². The van der Waals surface area contributed by atoms with E-state index in [1.807, 2.05) is 0 Å². The van der Waals surface area contributed by atoms with Crippen molar-refractivity contribution in [3.8, 4) is 11.3 Å². The van der Waals surface area contributed by atoms with Crippen molar-refractivity contribution in [1.82, 2.24) is 10.3 Å². The standard InChI is InChI=1S/C14H10N4O5.Na.H/c19-13-8-17(14(20)16-13)15-7-11-5-6-12(23-11)9-1-3-10(4-2-9)18(21)22;;/h1-7H,8H2,(H,16,19,20);;/q;+1;-1. The summed E-state index contributed by atoms with van der Waals surface area (Å²) in [5.74, 6) is 0.465. The minimum atomic E-state index is -0.589. The van der Waals surface area contributed by atoms with Gasteiger partial charge in [0.15, 0.2) is 0 Å². The number of nitro groups is 1. The van der Waals surface area contributed by atoms with Crippen molar-refractivity contribution in [2.24, 2.45) is 5.10 Å². The number of carbonyl (C=O) groups excluding carboxylic acids is 2. The molecule has 2 aromatic rings. The Morgan fingerprint density at radius 2 is 1.96 bits per heavy atom. The molecule has 0 unspecified atom stereocenters. The molecule has 2 heterocycles. The van der Waals surface area contributed by atoms with Crippen LogP contribution in [0.1, 0.15) is 7.19 Å². The summed E-state index contributed by atoms with van der Waals surface area (Å²) in [5, 5.41) is 17.6. The van der Waals surface area contributed by atoms with Gasteiger partial charge in [0.2, 0.25) is 5.91 Å². The molecule has 1 aromatic carbocycles. The third kappa shape index (κ3) is 3.88. The average Bonchev–Trinajstić information content (AvgIpc) is 3.11. The van der Waals surface area contributed by atoms with Crippen LogP contribution in [0.15, 0.2) is 45.9 Å². The maximum atomic E-state index is 11.3. The Kier molecular flexibility index (Phi) is 5.50. The topological polar surface area (TPSA) is 118 Å². The molecule has 0 saturated carbocycles. The zero-order valence-corrected chi connectivity index (χ0v) is 14.6. The number of hydrazone groups is 1.